The lowest BCUT2D eigenvalue weighted by Gasteiger charge is -2.10. The fraction of sp³-hybridized carbons (Fsp3) is 0.217. The zero-order valence-electron chi connectivity index (χ0n) is 16.8. The molecule has 7 nitrogen and oxygen atoms in total. The van der Waals surface area contributed by atoms with Crippen molar-refractivity contribution in [2.75, 3.05) is 7.11 Å². The number of rotatable bonds is 8. The number of imidazole rings is 1. The van der Waals surface area contributed by atoms with Crippen LogP contribution in [0.25, 0.3) is 11.2 Å². The molecule has 0 saturated carbocycles. The number of benzene rings is 1. The summed E-state index contributed by atoms with van der Waals surface area (Å²) in [6.07, 6.45) is 6.11. The number of aryl methyl sites for hydroxylation is 1. The maximum Gasteiger partial charge on any atom is 0.220 e. The first-order chi connectivity index (χ1) is 14.7. The van der Waals surface area contributed by atoms with E-state index in [-0.39, 0.29) is 5.91 Å². The second-order valence-corrected chi connectivity index (χ2v) is 6.95. The van der Waals surface area contributed by atoms with Crippen LogP contribution >= 0.6 is 0 Å². The number of hydrogen-bond donors (Lipinski definition) is 1. The van der Waals surface area contributed by atoms with Crippen molar-refractivity contribution in [2.24, 2.45) is 0 Å². The van der Waals surface area contributed by atoms with Gasteiger partial charge in [-0.1, -0.05) is 18.2 Å². The van der Waals surface area contributed by atoms with Crippen LogP contribution in [0.4, 0.5) is 0 Å². The number of nitrogens with one attached hydrogen (secondary N) is 1. The van der Waals surface area contributed by atoms with Crippen molar-refractivity contribution in [3.8, 4) is 5.75 Å². The van der Waals surface area contributed by atoms with E-state index in [1.165, 1.54) is 0 Å². The molecule has 3 aromatic heterocycles. The Labute approximate surface area is 174 Å². The van der Waals surface area contributed by atoms with E-state index < -0.39 is 0 Å². The molecule has 0 spiro atoms. The second kappa shape index (κ2) is 9.17. The fourth-order valence-electron chi connectivity index (χ4n) is 3.29. The van der Waals surface area contributed by atoms with Crippen LogP contribution in [0.15, 0.2) is 67.1 Å². The molecule has 0 saturated heterocycles. The lowest BCUT2D eigenvalue weighted by atomic mass is 10.2. The number of methoxy groups -OCH3 is 1. The predicted octanol–water partition coefficient (Wildman–Crippen LogP) is 3.13. The predicted molar refractivity (Wildman–Crippen MR) is 114 cm³/mol. The Morgan fingerprint density at radius 1 is 1.07 bits per heavy atom. The molecule has 0 unspecified atom stereocenters. The second-order valence-electron chi connectivity index (χ2n) is 6.95. The van der Waals surface area contributed by atoms with Crippen LogP contribution in [-0.2, 0) is 24.3 Å². The van der Waals surface area contributed by atoms with Crippen LogP contribution in [0.1, 0.15) is 23.4 Å². The molecule has 1 aromatic carbocycles. The highest BCUT2D eigenvalue weighted by Crippen LogP contribution is 2.19. The lowest BCUT2D eigenvalue weighted by Crippen LogP contribution is -2.23. The van der Waals surface area contributed by atoms with Crippen LogP contribution < -0.4 is 10.1 Å². The minimum absolute atomic E-state index is 0.0186. The number of ether oxygens (including phenoxy) is 1. The van der Waals surface area contributed by atoms with E-state index in [0.717, 1.165) is 33.9 Å². The largest absolute Gasteiger partial charge is 0.497 e. The number of amides is 1. The number of hydrogen-bond acceptors (Lipinski definition) is 5. The van der Waals surface area contributed by atoms with Gasteiger partial charge in [-0.25, -0.2) is 9.97 Å². The summed E-state index contributed by atoms with van der Waals surface area (Å²) in [5.41, 5.74) is 3.74. The molecule has 152 valence electrons. The van der Waals surface area contributed by atoms with Crippen molar-refractivity contribution in [3.05, 3.63) is 84.1 Å². The summed E-state index contributed by atoms with van der Waals surface area (Å²) in [6, 6.07) is 15.5. The van der Waals surface area contributed by atoms with Gasteiger partial charge in [0.1, 0.15) is 17.1 Å². The normalized spacial score (nSPS) is 10.8. The molecule has 0 aliphatic rings. The highest BCUT2D eigenvalue weighted by molar-refractivity contribution is 5.76. The van der Waals surface area contributed by atoms with Crippen molar-refractivity contribution in [3.63, 3.8) is 0 Å². The molecular formula is C23H23N5O2. The SMILES string of the molecule is COc1ccc(Cn2c(CCC(=O)NCc3cccnc3)nc3cccnc32)cc1. The molecule has 0 atom stereocenters. The Morgan fingerprint density at radius 2 is 1.90 bits per heavy atom. The summed E-state index contributed by atoms with van der Waals surface area (Å²) in [6.45, 7) is 1.10. The Hall–Kier alpha value is -3.74. The summed E-state index contributed by atoms with van der Waals surface area (Å²) in [7, 11) is 1.65. The monoisotopic (exact) mass is 401 g/mol. The third kappa shape index (κ3) is 4.63. The van der Waals surface area contributed by atoms with Gasteiger partial charge in [-0.3, -0.25) is 9.78 Å². The third-order valence-corrected chi connectivity index (χ3v) is 4.87. The number of carbonyl (C=O) groups excluding carboxylic acids is 1. The van der Waals surface area contributed by atoms with Crippen molar-refractivity contribution in [1.29, 1.82) is 0 Å². The fourth-order valence-corrected chi connectivity index (χ4v) is 3.29. The molecule has 3 heterocycles. The van der Waals surface area contributed by atoms with E-state index in [1.54, 1.807) is 25.7 Å². The van der Waals surface area contributed by atoms with Gasteiger partial charge >= 0.3 is 0 Å². The zero-order valence-corrected chi connectivity index (χ0v) is 16.8. The quantitative estimate of drug-likeness (QED) is 0.491. The van der Waals surface area contributed by atoms with Crippen LogP contribution in [0, 0.1) is 0 Å². The zero-order chi connectivity index (χ0) is 20.8. The minimum atomic E-state index is -0.0186. The summed E-state index contributed by atoms with van der Waals surface area (Å²) in [4.78, 5) is 25.6. The average Bonchev–Trinajstić information content (AvgIpc) is 3.15. The number of pyridine rings is 2. The van der Waals surface area contributed by atoms with E-state index in [2.05, 4.69) is 19.9 Å². The van der Waals surface area contributed by atoms with Crippen molar-refractivity contribution >= 4 is 17.1 Å². The van der Waals surface area contributed by atoms with Gasteiger partial charge in [-0.2, -0.15) is 0 Å². The maximum absolute atomic E-state index is 12.3. The first-order valence-electron chi connectivity index (χ1n) is 9.81. The van der Waals surface area contributed by atoms with Gasteiger partial charge in [0.25, 0.3) is 0 Å². The van der Waals surface area contributed by atoms with Crippen molar-refractivity contribution in [1.82, 2.24) is 24.8 Å². The number of fused-ring (bicyclic) bond motifs is 1. The smallest absolute Gasteiger partial charge is 0.220 e. The van der Waals surface area contributed by atoms with Gasteiger partial charge in [-0.05, 0) is 41.5 Å². The van der Waals surface area contributed by atoms with Gasteiger partial charge in [0.05, 0.1) is 13.7 Å². The standard InChI is InChI=1S/C23H23N5O2/c1-30-19-8-6-17(7-9-19)16-28-21(27-20-5-3-13-25-23(20)28)10-11-22(29)26-15-18-4-2-12-24-14-18/h2-9,12-14H,10-11,15-16H2,1H3,(H,26,29). The first-order valence-corrected chi connectivity index (χ1v) is 9.81. The number of carbonyl (C=O) groups is 1. The van der Waals surface area contributed by atoms with Crippen molar-refractivity contribution in [2.45, 2.75) is 25.9 Å². The van der Waals surface area contributed by atoms with Gasteiger partial charge in [0.15, 0.2) is 5.65 Å². The van der Waals surface area contributed by atoms with E-state index in [4.69, 9.17) is 9.72 Å². The third-order valence-electron chi connectivity index (χ3n) is 4.87. The molecule has 0 radical (unpaired) electrons. The first kappa shape index (κ1) is 19.6. The molecular weight excluding hydrogens is 378 g/mol. The lowest BCUT2D eigenvalue weighted by molar-refractivity contribution is -0.121. The molecule has 1 N–H and O–H groups in total. The van der Waals surface area contributed by atoms with Crippen LogP contribution in [0.5, 0.6) is 5.75 Å². The van der Waals surface area contributed by atoms with Crippen LogP contribution in [0.2, 0.25) is 0 Å². The Balaban J connectivity index is 1.47. The summed E-state index contributed by atoms with van der Waals surface area (Å²) >= 11 is 0. The molecule has 4 aromatic rings. The van der Waals surface area contributed by atoms with Gasteiger partial charge in [0.2, 0.25) is 5.91 Å². The minimum Gasteiger partial charge on any atom is -0.497 e. The van der Waals surface area contributed by atoms with Gasteiger partial charge in [-0.15, -0.1) is 0 Å². The van der Waals surface area contributed by atoms with E-state index in [0.29, 0.717) is 25.9 Å². The van der Waals surface area contributed by atoms with Crippen LogP contribution in [0.3, 0.4) is 0 Å². The summed E-state index contributed by atoms with van der Waals surface area (Å²) in [5, 5.41) is 2.94. The van der Waals surface area contributed by atoms with E-state index >= 15 is 0 Å². The Kier molecular flexibility index (Phi) is 5.98. The summed E-state index contributed by atoms with van der Waals surface area (Å²) < 4.78 is 7.31. The molecule has 0 aliphatic heterocycles. The van der Waals surface area contributed by atoms with E-state index in [9.17, 15) is 4.79 Å². The molecule has 7 heteroatoms. The Morgan fingerprint density at radius 3 is 2.67 bits per heavy atom. The topological polar surface area (TPSA) is 81.9 Å². The molecule has 4 rings (SSSR count). The van der Waals surface area contributed by atoms with Crippen molar-refractivity contribution < 1.29 is 9.53 Å². The highest BCUT2D eigenvalue weighted by atomic mass is 16.5. The Bertz CT molecular complexity index is 1120. The average molecular weight is 401 g/mol. The molecule has 0 aliphatic carbocycles. The number of aromatic nitrogens is 4. The van der Waals surface area contributed by atoms with Gasteiger partial charge < -0.3 is 14.6 Å². The molecule has 0 fully saturated rings. The molecule has 30 heavy (non-hydrogen) atoms. The molecule has 1 amide bonds. The number of nitrogens with zero attached hydrogens (tertiary/aromatic N) is 4. The molecule has 0 bridgehead atoms. The highest BCUT2D eigenvalue weighted by Gasteiger charge is 2.14. The van der Waals surface area contributed by atoms with Gasteiger partial charge in [0, 0.05) is 38.0 Å². The van der Waals surface area contributed by atoms with Crippen LogP contribution in [-0.4, -0.2) is 32.5 Å². The van der Waals surface area contributed by atoms with E-state index in [1.807, 2.05) is 48.5 Å². The summed E-state index contributed by atoms with van der Waals surface area (Å²) in [5.74, 6) is 1.64. The maximum atomic E-state index is 12.3.